The van der Waals surface area contributed by atoms with Crippen LogP contribution in [0.1, 0.15) is 142 Å². The van der Waals surface area contributed by atoms with E-state index < -0.39 is 46.4 Å². The second-order valence-electron chi connectivity index (χ2n) is 18.5. The van der Waals surface area contributed by atoms with E-state index in [0.29, 0.717) is 60.3 Å². The van der Waals surface area contributed by atoms with Crippen LogP contribution in [0, 0.1) is 17.3 Å². The maximum absolute atomic E-state index is 13.7. The van der Waals surface area contributed by atoms with Crippen molar-refractivity contribution >= 4 is 28.8 Å². The largest absolute Gasteiger partial charge is 0.465 e. The van der Waals surface area contributed by atoms with Gasteiger partial charge in [0.15, 0.2) is 17.3 Å². The minimum absolute atomic E-state index is 0.0761. The fourth-order valence-corrected chi connectivity index (χ4v) is 8.58. The summed E-state index contributed by atoms with van der Waals surface area (Å²) in [6, 6.07) is 7.27. The van der Waals surface area contributed by atoms with E-state index in [0.717, 1.165) is 55.0 Å². The summed E-state index contributed by atoms with van der Waals surface area (Å²) >= 11 is 0. The fraction of sp³-hybridized carbons (Fsp3) is 0.622. The lowest BCUT2D eigenvalue weighted by Crippen LogP contribution is -2.45. The third-order valence-electron chi connectivity index (χ3n) is 11.9. The number of carbonyl (C=O) groups excluding carboxylic acids is 3. The van der Waals surface area contributed by atoms with Gasteiger partial charge in [0.1, 0.15) is 23.6 Å². The first-order valence-corrected chi connectivity index (χ1v) is 20.6. The zero-order valence-corrected chi connectivity index (χ0v) is 35.1. The molecule has 12 heteroatoms. The highest BCUT2D eigenvalue weighted by molar-refractivity contribution is 6.00. The third-order valence-corrected chi connectivity index (χ3v) is 11.9. The Kier molecular flexibility index (Phi) is 11.7. The standard InChI is InChI=1S/C45H60N2O10/c1-10-29-30-22-28(17-18-34(30)46-37-31(29)24-47-35(37)23-33-32(38(47)49)25-54-41(52)45(33,53)11-2)55-36(48)19-16-26-12-14-27(15-13-26)20-21-44(9,39(50)56-42(3,4)5)40(51)57-43(6,7)8/h17-18,22-23,26-27,36,48,53H,10-16,19-21,24-25H2,1-9H3. The van der Waals surface area contributed by atoms with Gasteiger partial charge in [0.25, 0.3) is 5.56 Å². The molecule has 1 saturated carbocycles. The number of hydrogen-bond donors (Lipinski definition) is 2. The van der Waals surface area contributed by atoms with E-state index in [1.165, 1.54) is 0 Å². The van der Waals surface area contributed by atoms with Gasteiger partial charge in [-0.25, -0.2) is 9.78 Å². The lowest BCUT2D eigenvalue weighted by Gasteiger charge is -2.34. The predicted octanol–water partition coefficient (Wildman–Crippen LogP) is 7.40. The molecular weight excluding hydrogens is 728 g/mol. The first kappa shape index (κ1) is 42.3. The van der Waals surface area contributed by atoms with Crippen LogP contribution < -0.4 is 10.3 Å². The fourth-order valence-electron chi connectivity index (χ4n) is 8.58. The van der Waals surface area contributed by atoms with Gasteiger partial charge < -0.3 is 33.7 Å². The Balaban J connectivity index is 1.07. The number of aryl methyl sites for hydroxylation is 1. The number of aliphatic hydroxyl groups is 2. The number of aliphatic hydroxyl groups excluding tert-OH is 1. The monoisotopic (exact) mass is 788 g/mol. The van der Waals surface area contributed by atoms with Crippen molar-refractivity contribution in [3.8, 4) is 17.1 Å². The summed E-state index contributed by atoms with van der Waals surface area (Å²) in [5, 5.41) is 23.1. The van der Waals surface area contributed by atoms with Gasteiger partial charge in [-0.05, 0) is 122 Å². The zero-order valence-electron chi connectivity index (χ0n) is 35.1. The van der Waals surface area contributed by atoms with Crippen LogP contribution in [0.25, 0.3) is 22.3 Å². The highest BCUT2D eigenvalue weighted by Gasteiger charge is 2.48. The van der Waals surface area contributed by atoms with Crippen molar-refractivity contribution in [3.05, 3.63) is 56.9 Å². The number of pyridine rings is 2. The molecule has 310 valence electrons. The number of ether oxygens (including phenoxy) is 4. The van der Waals surface area contributed by atoms with E-state index in [9.17, 15) is 29.4 Å². The van der Waals surface area contributed by atoms with Crippen LogP contribution >= 0.6 is 0 Å². The Morgan fingerprint density at radius 2 is 1.54 bits per heavy atom. The second-order valence-corrected chi connectivity index (χ2v) is 18.5. The summed E-state index contributed by atoms with van der Waals surface area (Å²) in [5.41, 5.74) is -0.593. The highest BCUT2D eigenvalue weighted by Crippen LogP contribution is 2.42. The molecule has 2 N–H and O–H groups in total. The van der Waals surface area contributed by atoms with E-state index in [4.69, 9.17) is 23.9 Å². The molecule has 2 aliphatic heterocycles. The van der Waals surface area contributed by atoms with Crippen LogP contribution in [-0.2, 0) is 53.8 Å². The number of rotatable bonds is 12. The van der Waals surface area contributed by atoms with Crippen molar-refractivity contribution in [1.82, 2.24) is 9.55 Å². The van der Waals surface area contributed by atoms with Crippen molar-refractivity contribution in [2.45, 2.75) is 163 Å². The Morgan fingerprint density at radius 3 is 2.12 bits per heavy atom. The van der Waals surface area contributed by atoms with Gasteiger partial charge in [-0.15, -0.1) is 0 Å². The first-order valence-electron chi connectivity index (χ1n) is 20.6. The summed E-state index contributed by atoms with van der Waals surface area (Å²) in [6.45, 7) is 16.3. The van der Waals surface area contributed by atoms with Gasteiger partial charge in [-0.2, -0.15) is 0 Å². The van der Waals surface area contributed by atoms with Crippen molar-refractivity contribution in [3.63, 3.8) is 0 Å². The molecule has 2 unspecified atom stereocenters. The van der Waals surface area contributed by atoms with Crippen molar-refractivity contribution in [2.75, 3.05) is 0 Å². The lowest BCUT2D eigenvalue weighted by molar-refractivity contribution is -0.184. The van der Waals surface area contributed by atoms with E-state index in [2.05, 4.69) is 0 Å². The smallest absolute Gasteiger partial charge is 0.343 e. The quantitative estimate of drug-likeness (QED) is 0.0637. The van der Waals surface area contributed by atoms with Crippen molar-refractivity contribution < 1.29 is 43.5 Å². The van der Waals surface area contributed by atoms with Gasteiger partial charge in [0.2, 0.25) is 0 Å². The molecule has 3 aliphatic rings. The molecule has 4 heterocycles. The number of esters is 3. The lowest BCUT2D eigenvalue weighted by atomic mass is 9.75. The molecule has 0 saturated heterocycles. The molecule has 0 bridgehead atoms. The van der Waals surface area contributed by atoms with Crippen LogP contribution in [0.4, 0.5) is 0 Å². The van der Waals surface area contributed by atoms with Crippen molar-refractivity contribution in [1.29, 1.82) is 0 Å². The number of carbonyl (C=O) groups is 3. The number of hydrogen-bond acceptors (Lipinski definition) is 11. The number of cyclic esters (lactones) is 1. The Hall–Kier alpha value is -4.29. The molecule has 57 heavy (non-hydrogen) atoms. The summed E-state index contributed by atoms with van der Waals surface area (Å²) in [5.74, 6) is -0.510. The van der Waals surface area contributed by atoms with Crippen LogP contribution in [0.2, 0.25) is 0 Å². The topological polar surface area (TPSA) is 163 Å². The maximum Gasteiger partial charge on any atom is 0.343 e. The van der Waals surface area contributed by atoms with Gasteiger partial charge >= 0.3 is 17.9 Å². The molecule has 2 aromatic heterocycles. The third kappa shape index (κ3) is 8.63. The molecule has 6 rings (SSSR count). The van der Waals surface area contributed by atoms with Gasteiger partial charge in [-0.3, -0.25) is 14.4 Å². The molecule has 3 aromatic rings. The normalized spacial score (nSPS) is 21.3. The predicted molar refractivity (Wildman–Crippen MR) is 214 cm³/mol. The molecular formula is C45H60N2O10. The molecule has 2 atom stereocenters. The van der Waals surface area contributed by atoms with Gasteiger partial charge in [-0.1, -0.05) is 39.5 Å². The molecule has 0 amide bonds. The maximum atomic E-state index is 13.7. The average molecular weight is 789 g/mol. The van der Waals surface area contributed by atoms with Gasteiger partial charge in [0.05, 0.1) is 29.0 Å². The SMILES string of the molecule is CCc1c2c(nc3ccc(OC(O)CCC4CCC(CCC(C)(C(=O)OC(C)(C)C)C(=O)OC(C)(C)C)CC4)cc13)-c1cc3c(c(=O)n1C2)COC(=O)C3(O)CC. The number of aromatic nitrogens is 2. The van der Waals surface area contributed by atoms with E-state index in [1.54, 1.807) is 72.1 Å². The average Bonchev–Trinajstić information content (AvgIpc) is 3.51. The van der Waals surface area contributed by atoms with Crippen LogP contribution in [0.3, 0.4) is 0 Å². The highest BCUT2D eigenvalue weighted by atomic mass is 16.6. The summed E-state index contributed by atoms with van der Waals surface area (Å²) in [7, 11) is 0. The van der Waals surface area contributed by atoms with Crippen molar-refractivity contribution in [2.24, 2.45) is 17.3 Å². The molecule has 12 nitrogen and oxygen atoms in total. The van der Waals surface area contributed by atoms with Gasteiger partial charge in [0, 0.05) is 22.9 Å². The number of fused-ring (bicyclic) bond motifs is 5. The molecule has 1 aromatic carbocycles. The summed E-state index contributed by atoms with van der Waals surface area (Å²) < 4.78 is 24.3. The first-order chi connectivity index (χ1) is 26.7. The Labute approximate surface area is 335 Å². The summed E-state index contributed by atoms with van der Waals surface area (Å²) in [4.78, 5) is 57.8. The van der Waals surface area contributed by atoms with E-state index >= 15 is 0 Å². The molecule has 1 aliphatic carbocycles. The van der Waals surface area contributed by atoms with E-state index in [-0.39, 0.29) is 29.7 Å². The minimum Gasteiger partial charge on any atom is -0.465 e. The Morgan fingerprint density at radius 1 is 0.930 bits per heavy atom. The van der Waals surface area contributed by atoms with E-state index in [1.807, 2.05) is 19.1 Å². The van der Waals surface area contributed by atoms with Crippen LogP contribution in [0.15, 0.2) is 29.1 Å². The molecule has 1 fully saturated rings. The molecule has 0 spiro atoms. The second kappa shape index (κ2) is 15.8. The zero-order chi connectivity index (χ0) is 41.7. The van der Waals surface area contributed by atoms with Crippen LogP contribution in [-0.4, -0.2) is 55.2 Å². The summed E-state index contributed by atoms with van der Waals surface area (Å²) in [6.07, 6.45) is 6.06. The minimum atomic E-state index is -1.89. The Bertz CT molecular complexity index is 2070. The van der Waals surface area contributed by atoms with Crippen LogP contribution in [0.5, 0.6) is 5.75 Å². The number of nitrogens with zero attached hydrogens (tertiary/aromatic N) is 2. The molecule has 0 radical (unpaired) electrons. The number of benzene rings is 1.